The minimum absolute atomic E-state index is 0.747. The largest absolute Gasteiger partial charge is 0.324 e. The van der Waals surface area contributed by atoms with Crippen molar-refractivity contribution in [3.05, 3.63) is 0 Å². The number of hydrogen-bond acceptors (Lipinski definition) is 2. The summed E-state index contributed by atoms with van der Waals surface area (Å²) in [7, 11) is 4.22. The summed E-state index contributed by atoms with van der Waals surface area (Å²) in [4.78, 5) is 14.1. The van der Waals surface area contributed by atoms with Gasteiger partial charge in [0.1, 0.15) is 13.1 Å². The van der Waals surface area contributed by atoms with Crippen molar-refractivity contribution in [1.82, 2.24) is 9.80 Å². The van der Waals surface area contributed by atoms with Crippen LogP contribution in [0.1, 0.15) is 68.2 Å². The maximum Gasteiger partial charge on any atom is 0.324 e. The van der Waals surface area contributed by atoms with Crippen molar-refractivity contribution in [1.29, 1.82) is 0 Å². The summed E-state index contributed by atoms with van der Waals surface area (Å²) in [6.45, 7) is 24.8. The molecule has 0 aliphatic rings. The third-order valence-corrected chi connectivity index (χ3v) is 6.23. The number of hydrogen-bond donors (Lipinski definition) is 0. The molecule has 32 heavy (non-hydrogen) atoms. The number of aliphatic imine (C=N–C) groups is 2. The second kappa shape index (κ2) is 15.7. The highest BCUT2D eigenvalue weighted by Gasteiger charge is 2.40. The summed E-state index contributed by atoms with van der Waals surface area (Å²) in [6.07, 6.45) is 2.18. The van der Waals surface area contributed by atoms with Gasteiger partial charge in [0, 0.05) is 38.8 Å². The smallest absolute Gasteiger partial charge is 0.312 e. The molecule has 0 saturated heterocycles. The van der Waals surface area contributed by atoms with Gasteiger partial charge in [0.05, 0.1) is 26.7 Å². The predicted octanol–water partition coefficient (Wildman–Crippen LogP) is 4.06. The Bertz CT molecular complexity index is 690. The SMILES string of the molecule is CC#CN(C#CC)C(=NC)[N+](CC)(CC)CC[N+](C)(CCC)C(=NCCC)N(CC)CC. The van der Waals surface area contributed by atoms with Crippen LogP contribution in [0.4, 0.5) is 0 Å². The second-order valence-corrected chi connectivity index (χ2v) is 8.28. The summed E-state index contributed by atoms with van der Waals surface area (Å²) < 4.78 is 1.59. The first kappa shape index (κ1) is 30.0. The van der Waals surface area contributed by atoms with Crippen molar-refractivity contribution in [3.8, 4) is 23.9 Å². The molecule has 0 saturated carbocycles. The summed E-state index contributed by atoms with van der Waals surface area (Å²) in [5.41, 5.74) is 0. The minimum Gasteiger partial charge on any atom is -0.312 e. The summed E-state index contributed by atoms with van der Waals surface area (Å²) >= 11 is 0. The summed E-state index contributed by atoms with van der Waals surface area (Å²) in [5.74, 6) is 8.16. The van der Waals surface area contributed by atoms with Crippen LogP contribution in [0.5, 0.6) is 0 Å². The van der Waals surface area contributed by atoms with E-state index in [0.29, 0.717) is 0 Å². The molecule has 0 spiro atoms. The van der Waals surface area contributed by atoms with Crippen LogP contribution >= 0.6 is 0 Å². The van der Waals surface area contributed by atoms with Crippen LogP contribution in [0.15, 0.2) is 9.98 Å². The maximum absolute atomic E-state index is 5.11. The molecule has 1 atom stereocenters. The minimum atomic E-state index is 0.747. The highest BCUT2D eigenvalue weighted by molar-refractivity contribution is 5.77. The number of likely N-dealkylation sites (N-methyl/N-ethyl adjacent to an activating group) is 2. The van der Waals surface area contributed by atoms with Gasteiger partial charge < -0.3 is 4.90 Å². The molecule has 0 aliphatic heterocycles. The van der Waals surface area contributed by atoms with E-state index in [2.05, 4.69) is 77.4 Å². The Morgan fingerprint density at radius 1 is 0.781 bits per heavy atom. The van der Waals surface area contributed by atoms with Gasteiger partial charge in [0.15, 0.2) is 0 Å². The van der Waals surface area contributed by atoms with E-state index in [9.17, 15) is 0 Å². The zero-order valence-electron chi connectivity index (χ0n) is 22.8. The zero-order chi connectivity index (χ0) is 24.6. The first-order valence-electron chi connectivity index (χ1n) is 12.5. The number of nitrogens with zero attached hydrogens (tertiary/aromatic N) is 6. The molecule has 0 aliphatic carbocycles. The van der Waals surface area contributed by atoms with Gasteiger partial charge in [0.25, 0.3) is 5.96 Å². The molecule has 6 heteroatoms. The van der Waals surface area contributed by atoms with Gasteiger partial charge in [-0.1, -0.05) is 25.7 Å². The molecule has 0 heterocycles. The molecular formula is C26H50N6+2. The Morgan fingerprint density at radius 2 is 1.34 bits per heavy atom. The molecule has 182 valence electrons. The Kier molecular flexibility index (Phi) is 14.7. The fraction of sp³-hybridized carbons (Fsp3) is 0.769. The number of guanidine groups is 2. The van der Waals surface area contributed by atoms with E-state index in [1.54, 1.807) is 0 Å². The molecule has 0 bridgehead atoms. The molecule has 0 aromatic heterocycles. The highest BCUT2D eigenvalue weighted by Crippen LogP contribution is 2.18. The van der Waals surface area contributed by atoms with E-state index in [4.69, 9.17) is 9.98 Å². The molecule has 0 amide bonds. The lowest BCUT2D eigenvalue weighted by Gasteiger charge is -2.43. The van der Waals surface area contributed by atoms with Crippen molar-refractivity contribution in [2.24, 2.45) is 9.98 Å². The van der Waals surface area contributed by atoms with E-state index in [1.807, 2.05) is 25.8 Å². The van der Waals surface area contributed by atoms with Crippen molar-refractivity contribution < 1.29 is 8.97 Å². The molecule has 0 radical (unpaired) electrons. The summed E-state index contributed by atoms with van der Waals surface area (Å²) in [6, 6.07) is 6.29. The van der Waals surface area contributed by atoms with E-state index in [-0.39, 0.29) is 0 Å². The van der Waals surface area contributed by atoms with Crippen LogP contribution in [-0.2, 0) is 0 Å². The van der Waals surface area contributed by atoms with Gasteiger partial charge in [-0.25, -0.2) is 9.98 Å². The molecular weight excluding hydrogens is 396 g/mol. The lowest BCUT2D eigenvalue weighted by atomic mass is 10.2. The fourth-order valence-electron chi connectivity index (χ4n) is 4.35. The first-order chi connectivity index (χ1) is 15.3. The molecule has 0 N–H and O–H groups in total. The molecule has 0 aromatic rings. The van der Waals surface area contributed by atoms with Crippen molar-refractivity contribution in [3.63, 3.8) is 0 Å². The first-order valence-corrected chi connectivity index (χ1v) is 12.5. The Morgan fingerprint density at radius 3 is 1.72 bits per heavy atom. The number of rotatable bonds is 11. The van der Waals surface area contributed by atoms with E-state index in [1.165, 1.54) is 5.96 Å². The van der Waals surface area contributed by atoms with Gasteiger partial charge >= 0.3 is 5.96 Å². The molecule has 1 unspecified atom stereocenters. The van der Waals surface area contributed by atoms with E-state index >= 15 is 0 Å². The van der Waals surface area contributed by atoms with Crippen LogP contribution in [-0.4, -0.2) is 97.1 Å². The molecule has 6 nitrogen and oxygen atoms in total. The maximum atomic E-state index is 5.11. The second-order valence-electron chi connectivity index (χ2n) is 8.28. The topological polar surface area (TPSA) is 31.2 Å². The molecule has 0 aromatic carbocycles. The van der Waals surface area contributed by atoms with Crippen molar-refractivity contribution >= 4 is 11.9 Å². The lowest BCUT2D eigenvalue weighted by Crippen LogP contribution is -2.64. The third-order valence-electron chi connectivity index (χ3n) is 6.23. The Balaban J connectivity index is 6.33. The van der Waals surface area contributed by atoms with Gasteiger partial charge in [-0.3, -0.25) is 8.97 Å². The van der Waals surface area contributed by atoms with Gasteiger partial charge in [-0.2, -0.15) is 4.90 Å². The third kappa shape index (κ3) is 7.84. The highest BCUT2D eigenvalue weighted by atomic mass is 15.5. The van der Waals surface area contributed by atoms with Crippen LogP contribution < -0.4 is 0 Å². The number of quaternary nitrogens is 2. The quantitative estimate of drug-likeness (QED) is 0.158. The Labute approximate surface area is 199 Å². The van der Waals surface area contributed by atoms with E-state index < -0.39 is 0 Å². The molecule has 0 fully saturated rings. The van der Waals surface area contributed by atoms with Crippen LogP contribution in [0, 0.1) is 23.9 Å². The standard InChI is InChI=1S/C26H50N6/c1-11-19-28-26(29(15-5)16-6)31(10,22-14-4)23-24-32(17-7,18-8)25(27-9)30(20-12-2)21-13-3/h11,14-19,22-24H2,1-10H3/q+2. The molecule has 0 rings (SSSR count). The van der Waals surface area contributed by atoms with Crippen LogP contribution in [0.2, 0.25) is 0 Å². The fourth-order valence-corrected chi connectivity index (χ4v) is 4.35. The lowest BCUT2D eigenvalue weighted by molar-refractivity contribution is -0.892. The predicted molar refractivity (Wildman–Crippen MR) is 140 cm³/mol. The Hall–Kier alpha value is -2.02. The van der Waals surface area contributed by atoms with Crippen molar-refractivity contribution in [2.45, 2.75) is 68.2 Å². The summed E-state index contributed by atoms with van der Waals surface area (Å²) in [5, 5.41) is 0. The van der Waals surface area contributed by atoms with Crippen LogP contribution in [0.25, 0.3) is 0 Å². The van der Waals surface area contributed by atoms with Gasteiger partial charge in [0.2, 0.25) is 0 Å². The van der Waals surface area contributed by atoms with Gasteiger partial charge in [-0.05, 0) is 54.4 Å². The zero-order valence-corrected chi connectivity index (χ0v) is 22.8. The average Bonchev–Trinajstić information content (AvgIpc) is 2.79. The monoisotopic (exact) mass is 446 g/mol. The van der Waals surface area contributed by atoms with Gasteiger partial charge in [-0.15, -0.1) is 0 Å². The van der Waals surface area contributed by atoms with E-state index in [0.717, 1.165) is 80.1 Å². The van der Waals surface area contributed by atoms with Crippen LogP contribution in [0.3, 0.4) is 0 Å². The average molecular weight is 447 g/mol. The van der Waals surface area contributed by atoms with Crippen molar-refractivity contribution in [2.75, 3.05) is 66.5 Å². The normalized spacial score (nSPS) is 14.1.